The smallest absolute Gasteiger partial charge is 0.251 e. The molecule has 1 amide bonds. The predicted octanol–water partition coefficient (Wildman–Crippen LogP) is 3.73. The number of nitrogens with one attached hydrogen (secondary N) is 1. The summed E-state index contributed by atoms with van der Waals surface area (Å²) in [4.78, 5) is 12.6. The first-order valence-electron chi connectivity index (χ1n) is 7.71. The van der Waals surface area contributed by atoms with Gasteiger partial charge in [0.15, 0.2) is 0 Å². The predicted molar refractivity (Wildman–Crippen MR) is 89.0 cm³/mol. The molecule has 0 aliphatic carbocycles. The molecular weight excluding hydrogens is 290 g/mol. The number of hydrogen-bond acceptors (Lipinski definition) is 3. The van der Waals surface area contributed by atoms with Gasteiger partial charge in [-0.2, -0.15) is 0 Å². The van der Waals surface area contributed by atoms with E-state index in [0.717, 1.165) is 17.7 Å². The van der Waals surface area contributed by atoms with Crippen molar-refractivity contribution >= 4 is 5.91 Å². The Bertz CT molecular complexity index is 724. The van der Waals surface area contributed by atoms with Crippen LogP contribution in [0.25, 0.3) is 0 Å². The maximum absolute atomic E-state index is 12.6. The number of carbonyl (C=O) groups excluding carboxylic acids is 1. The second kappa shape index (κ2) is 5.95. The first-order chi connectivity index (χ1) is 11.0. The molecule has 1 N–H and O–H groups in total. The summed E-state index contributed by atoms with van der Waals surface area (Å²) in [5.41, 5.74) is 1.29. The Balaban J connectivity index is 1.85. The van der Waals surface area contributed by atoms with Crippen LogP contribution in [-0.4, -0.2) is 18.6 Å². The minimum atomic E-state index is -0.319. The lowest BCUT2D eigenvalue weighted by Gasteiger charge is -2.37. The zero-order chi connectivity index (χ0) is 16.4. The van der Waals surface area contributed by atoms with Crippen molar-refractivity contribution in [1.82, 2.24) is 5.32 Å². The van der Waals surface area contributed by atoms with Gasteiger partial charge in [-0.1, -0.05) is 24.3 Å². The van der Waals surface area contributed by atoms with Crippen molar-refractivity contribution < 1.29 is 14.3 Å². The molecule has 0 bridgehead atoms. The zero-order valence-corrected chi connectivity index (χ0v) is 13.6. The second-order valence-corrected chi connectivity index (χ2v) is 6.36. The molecule has 1 aliphatic heterocycles. The number of rotatable bonds is 3. The Morgan fingerprint density at radius 3 is 2.78 bits per heavy atom. The van der Waals surface area contributed by atoms with Crippen molar-refractivity contribution in [1.29, 1.82) is 0 Å². The Kier molecular flexibility index (Phi) is 3.99. The van der Waals surface area contributed by atoms with E-state index in [2.05, 4.69) is 5.32 Å². The van der Waals surface area contributed by atoms with Gasteiger partial charge in [-0.25, -0.2) is 0 Å². The minimum absolute atomic E-state index is 0.0753. The average molecular weight is 311 g/mol. The lowest BCUT2D eigenvalue weighted by Crippen LogP contribution is -2.41. The van der Waals surface area contributed by atoms with Crippen molar-refractivity contribution in [2.45, 2.75) is 31.9 Å². The molecule has 0 fully saturated rings. The number of para-hydroxylation sites is 1. The van der Waals surface area contributed by atoms with Crippen LogP contribution in [0.5, 0.6) is 11.5 Å². The van der Waals surface area contributed by atoms with Crippen LogP contribution < -0.4 is 14.8 Å². The fraction of sp³-hybridized carbons (Fsp3) is 0.316. The van der Waals surface area contributed by atoms with E-state index in [0.29, 0.717) is 11.3 Å². The first kappa shape index (κ1) is 15.4. The minimum Gasteiger partial charge on any atom is -0.497 e. The molecule has 2 aromatic carbocycles. The summed E-state index contributed by atoms with van der Waals surface area (Å²) >= 11 is 0. The highest BCUT2D eigenvalue weighted by Crippen LogP contribution is 2.39. The lowest BCUT2D eigenvalue weighted by atomic mass is 9.89. The topological polar surface area (TPSA) is 47.6 Å². The van der Waals surface area contributed by atoms with Crippen LogP contribution in [0.3, 0.4) is 0 Å². The fourth-order valence-corrected chi connectivity index (χ4v) is 2.94. The number of fused-ring (bicyclic) bond motifs is 1. The van der Waals surface area contributed by atoms with Gasteiger partial charge < -0.3 is 14.8 Å². The van der Waals surface area contributed by atoms with E-state index < -0.39 is 0 Å². The van der Waals surface area contributed by atoms with Crippen molar-refractivity contribution in [2.75, 3.05) is 7.11 Å². The van der Waals surface area contributed by atoms with Gasteiger partial charge in [-0.15, -0.1) is 0 Å². The van der Waals surface area contributed by atoms with Gasteiger partial charge in [-0.05, 0) is 38.1 Å². The molecule has 23 heavy (non-hydrogen) atoms. The number of amides is 1. The van der Waals surface area contributed by atoms with Gasteiger partial charge in [-0.3, -0.25) is 4.79 Å². The van der Waals surface area contributed by atoms with Gasteiger partial charge in [0.05, 0.1) is 13.2 Å². The highest BCUT2D eigenvalue weighted by Gasteiger charge is 2.34. The standard InChI is InChI=1S/C19H21NO3/c1-19(2)12-16(15-9-4-5-10-17(15)23-19)20-18(21)13-7-6-8-14(11-13)22-3/h4-11,16H,12H2,1-3H3,(H,20,21)/t16-/m1/s1. The summed E-state index contributed by atoms with van der Waals surface area (Å²) in [7, 11) is 1.59. The van der Waals surface area contributed by atoms with Gasteiger partial charge in [0, 0.05) is 17.5 Å². The third-order valence-corrected chi connectivity index (χ3v) is 4.01. The SMILES string of the molecule is COc1cccc(C(=O)N[C@@H]2CC(C)(C)Oc3ccccc32)c1. The molecule has 0 radical (unpaired) electrons. The van der Waals surface area contributed by atoms with Crippen molar-refractivity contribution in [3.8, 4) is 11.5 Å². The van der Waals surface area contributed by atoms with E-state index in [1.54, 1.807) is 19.2 Å². The van der Waals surface area contributed by atoms with Crippen LogP contribution >= 0.6 is 0 Å². The molecule has 0 spiro atoms. The van der Waals surface area contributed by atoms with Gasteiger partial charge in [0.1, 0.15) is 17.1 Å². The highest BCUT2D eigenvalue weighted by molar-refractivity contribution is 5.94. The summed E-state index contributed by atoms with van der Waals surface area (Å²) in [5.74, 6) is 1.39. The molecule has 4 nitrogen and oxygen atoms in total. The highest BCUT2D eigenvalue weighted by atomic mass is 16.5. The molecule has 1 heterocycles. The number of methoxy groups -OCH3 is 1. The van der Waals surface area contributed by atoms with Crippen LogP contribution in [0, 0.1) is 0 Å². The molecular formula is C19H21NO3. The molecule has 120 valence electrons. The molecule has 4 heteroatoms. The van der Waals surface area contributed by atoms with E-state index in [1.807, 2.05) is 50.2 Å². The molecule has 0 aromatic heterocycles. The van der Waals surface area contributed by atoms with Gasteiger partial charge in [0.25, 0.3) is 5.91 Å². The largest absolute Gasteiger partial charge is 0.497 e. The van der Waals surface area contributed by atoms with Crippen molar-refractivity contribution in [3.63, 3.8) is 0 Å². The Hall–Kier alpha value is -2.49. The summed E-state index contributed by atoms with van der Waals surface area (Å²) in [6.07, 6.45) is 0.722. The van der Waals surface area contributed by atoms with Crippen LogP contribution in [0.1, 0.15) is 42.2 Å². The summed E-state index contributed by atoms with van der Waals surface area (Å²) in [6, 6.07) is 14.9. The van der Waals surface area contributed by atoms with Crippen LogP contribution in [0.4, 0.5) is 0 Å². The maximum Gasteiger partial charge on any atom is 0.251 e. The molecule has 1 atom stereocenters. The third kappa shape index (κ3) is 3.31. The number of ether oxygens (including phenoxy) is 2. The van der Waals surface area contributed by atoms with Crippen molar-refractivity contribution in [2.24, 2.45) is 0 Å². The summed E-state index contributed by atoms with van der Waals surface area (Å²) in [6.45, 7) is 4.07. The monoisotopic (exact) mass is 311 g/mol. The van der Waals surface area contributed by atoms with Crippen molar-refractivity contribution in [3.05, 3.63) is 59.7 Å². The first-order valence-corrected chi connectivity index (χ1v) is 7.71. The lowest BCUT2D eigenvalue weighted by molar-refractivity contribution is 0.0619. The number of carbonyl (C=O) groups is 1. The van der Waals surface area contributed by atoms with E-state index in [1.165, 1.54) is 0 Å². The Morgan fingerprint density at radius 1 is 1.22 bits per heavy atom. The molecule has 0 saturated heterocycles. The van der Waals surface area contributed by atoms with E-state index >= 15 is 0 Å². The Labute approximate surface area is 136 Å². The molecule has 3 rings (SSSR count). The fourth-order valence-electron chi connectivity index (χ4n) is 2.94. The summed E-state index contributed by atoms with van der Waals surface area (Å²) in [5, 5.41) is 3.12. The maximum atomic E-state index is 12.6. The van der Waals surface area contributed by atoms with E-state index in [4.69, 9.17) is 9.47 Å². The van der Waals surface area contributed by atoms with E-state index in [9.17, 15) is 4.79 Å². The van der Waals surface area contributed by atoms with Crippen LogP contribution in [0.2, 0.25) is 0 Å². The summed E-state index contributed by atoms with van der Waals surface area (Å²) < 4.78 is 11.2. The Morgan fingerprint density at radius 2 is 2.00 bits per heavy atom. The quantitative estimate of drug-likeness (QED) is 0.939. The number of benzene rings is 2. The molecule has 0 unspecified atom stereocenters. The molecule has 0 saturated carbocycles. The number of hydrogen-bond donors (Lipinski definition) is 1. The molecule has 2 aromatic rings. The second-order valence-electron chi connectivity index (χ2n) is 6.36. The van der Waals surface area contributed by atoms with Gasteiger partial charge in [0.2, 0.25) is 0 Å². The van der Waals surface area contributed by atoms with Gasteiger partial charge >= 0.3 is 0 Å². The normalized spacial score (nSPS) is 18.5. The van der Waals surface area contributed by atoms with E-state index in [-0.39, 0.29) is 17.6 Å². The molecule has 1 aliphatic rings. The third-order valence-electron chi connectivity index (χ3n) is 4.01. The van der Waals surface area contributed by atoms with Crippen LogP contribution in [0.15, 0.2) is 48.5 Å². The van der Waals surface area contributed by atoms with Crippen LogP contribution in [-0.2, 0) is 0 Å². The zero-order valence-electron chi connectivity index (χ0n) is 13.6. The average Bonchev–Trinajstić information content (AvgIpc) is 2.53.